The normalized spacial score (nSPS) is 14.9. The number of rotatable bonds is 5. The van der Waals surface area contributed by atoms with Gasteiger partial charge in [-0.2, -0.15) is 5.26 Å². The quantitative estimate of drug-likeness (QED) is 0.771. The lowest BCUT2D eigenvalue weighted by Gasteiger charge is -2.36. The molecule has 0 N–H and O–H groups in total. The molecule has 6 heteroatoms. The van der Waals surface area contributed by atoms with Crippen molar-refractivity contribution < 1.29 is 14.4 Å². The van der Waals surface area contributed by atoms with E-state index in [0.29, 0.717) is 44.1 Å². The van der Waals surface area contributed by atoms with E-state index in [2.05, 4.69) is 11.0 Å². The Hall–Kier alpha value is -3.04. The molecule has 1 fully saturated rings. The number of anilines is 1. The second kappa shape index (κ2) is 8.97. The van der Waals surface area contributed by atoms with Crippen molar-refractivity contribution >= 4 is 11.7 Å². The van der Waals surface area contributed by atoms with Crippen LogP contribution in [0.1, 0.15) is 31.9 Å². The summed E-state index contributed by atoms with van der Waals surface area (Å²) < 4.78 is 6.06. The third-order valence-electron chi connectivity index (χ3n) is 4.73. The van der Waals surface area contributed by atoms with Crippen LogP contribution in [-0.2, 0) is 16.2 Å². The van der Waals surface area contributed by atoms with Crippen LogP contribution in [-0.4, -0.2) is 37.2 Å². The van der Waals surface area contributed by atoms with Crippen molar-refractivity contribution in [1.29, 1.82) is 5.26 Å². The maximum atomic E-state index is 12.1. The van der Waals surface area contributed by atoms with Gasteiger partial charge in [-0.05, 0) is 38.5 Å². The molecule has 0 saturated carbocycles. The van der Waals surface area contributed by atoms with Crippen molar-refractivity contribution in [3.8, 4) is 11.8 Å². The van der Waals surface area contributed by atoms with Crippen molar-refractivity contribution in [2.45, 2.75) is 27.4 Å². The van der Waals surface area contributed by atoms with Gasteiger partial charge in [-0.25, -0.2) is 4.79 Å². The first-order chi connectivity index (χ1) is 13.9. The number of hydrogen-bond acceptors (Lipinski definition) is 6. The second-order valence-electron chi connectivity index (χ2n) is 8.11. The molecular weight excluding hydrogens is 366 g/mol. The first-order valence-corrected chi connectivity index (χ1v) is 9.80. The van der Waals surface area contributed by atoms with Crippen LogP contribution in [0.4, 0.5) is 5.69 Å². The predicted octanol–water partition coefficient (Wildman–Crippen LogP) is 3.76. The number of piperazine rings is 1. The molecule has 0 atom stereocenters. The van der Waals surface area contributed by atoms with Gasteiger partial charge in [-0.1, -0.05) is 30.3 Å². The lowest BCUT2D eigenvalue weighted by molar-refractivity contribution is -0.201. The van der Waals surface area contributed by atoms with E-state index in [-0.39, 0.29) is 5.97 Å². The fourth-order valence-corrected chi connectivity index (χ4v) is 2.97. The molecule has 0 unspecified atom stereocenters. The maximum absolute atomic E-state index is 12.1. The zero-order valence-corrected chi connectivity index (χ0v) is 17.2. The number of nitriles is 1. The number of hydroxylamine groups is 2. The summed E-state index contributed by atoms with van der Waals surface area (Å²) in [6, 6.07) is 17.6. The molecule has 0 radical (unpaired) electrons. The van der Waals surface area contributed by atoms with Gasteiger partial charge < -0.3 is 14.5 Å². The zero-order valence-electron chi connectivity index (χ0n) is 17.2. The molecule has 2 aromatic carbocycles. The Morgan fingerprint density at radius 2 is 1.76 bits per heavy atom. The minimum atomic E-state index is -0.525. The highest BCUT2D eigenvalue weighted by Crippen LogP contribution is 2.31. The summed E-state index contributed by atoms with van der Waals surface area (Å²) in [4.78, 5) is 19.8. The monoisotopic (exact) mass is 393 g/mol. The van der Waals surface area contributed by atoms with Gasteiger partial charge in [0.15, 0.2) is 0 Å². The fraction of sp³-hybridized carbons (Fsp3) is 0.391. The van der Waals surface area contributed by atoms with Crippen LogP contribution in [0.5, 0.6) is 5.75 Å². The smallest absolute Gasteiger partial charge is 0.330 e. The van der Waals surface area contributed by atoms with Crippen LogP contribution in [0.25, 0.3) is 0 Å². The summed E-state index contributed by atoms with van der Waals surface area (Å²) in [5, 5.41) is 11.0. The first-order valence-electron chi connectivity index (χ1n) is 9.80. The van der Waals surface area contributed by atoms with Gasteiger partial charge in [0.2, 0.25) is 0 Å². The Balaban J connectivity index is 1.67. The van der Waals surface area contributed by atoms with Gasteiger partial charge in [0.1, 0.15) is 12.4 Å². The largest absolute Gasteiger partial charge is 0.487 e. The Morgan fingerprint density at radius 1 is 1.07 bits per heavy atom. The van der Waals surface area contributed by atoms with Gasteiger partial charge in [0.05, 0.1) is 35.8 Å². The van der Waals surface area contributed by atoms with E-state index >= 15 is 0 Å². The van der Waals surface area contributed by atoms with Crippen molar-refractivity contribution in [3.05, 3.63) is 59.7 Å². The van der Waals surface area contributed by atoms with Crippen LogP contribution in [0.15, 0.2) is 48.5 Å². The molecule has 1 aliphatic heterocycles. The van der Waals surface area contributed by atoms with Crippen LogP contribution in [0.2, 0.25) is 0 Å². The van der Waals surface area contributed by atoms with Gasteiger partial charge >= 0.3 is 5.97 Å². The highest BCUT2D eigenvalue weighted by atomic mass is 16.7. The first kappa shape index (κ1) is 20.7. The van der Waals surface area contributed by atoms with Crippen molar-refractivity contribution in [2.24, 2.45) is 5.41 Å². The molecule has 152 valence electrons. The SMILES string of the molecule is CC(C)(C)C(=O)ON1CCN(c2ccc(C#N)cc2OCc2ccccc2)CC1. The minimum absolute atomic E-state index is 0.226. The Bertz CT molecular complexity index is 876. The maximum Gasteiger partial charge on any atom is 0.330 e. The van der Waals surface area contributed by atoms with Crippen LogP contribution in [0, 0.1) is 16.7 Å². The predicted molar refractivity (Wildman–Crippen MR) is 111 cm³/mol. The van der Waals surface area contributed by atoms with Crippen LogP contribution in [0.3, 0.4) is 0 Å². The van der Waals surface area contributed by atoms with Crippen LogP contribution < -0.4 is 9.64 Å². The summed E-state index contributed by atoms with van der Waals surface area (Å²) in [7, 11) is 0. The minimum Gasteiger partial charge on any atom is -0.487 e. The average Bonchev–Trinajstić information content (AvgIpc) is 2.72. The highest BCUT2D eigenvalue weighted by Gasteiger charge is 2.28. The molecule has 29 heavy (non-hydrogen) atoms. The second-order valence-corrected chi connectivity index (χ2v) is 8.11. The number of benzene rings is 2. The van der Waals surface area contributed by atoms with E-state index in [0.717, 1.165) is 11.3 Å². The molecule has 0 spiro atoms. The number of ether oxygens (including phenoxy) is 1. The van der Waals surface area contributed by atoms with E-state index in [1.807, 2.05) is 57.2 Å². The highest BCUT2D eigenvalue weighted by molar-refractivity contribution is 5.75. The van der Waals surface area contributed by atoms with Crippen molar-refractivity contribution in [3.63, 3.8) is 0 Å². The molecule has 1 aliphatic rings. The molecule has 1 saturated heterocycles. The fourth-order valence-electron chi connectivity index (χ4n) is 2.97. The number of carbonyl (C=O) groups is 1. The Kier molecular flexibility index (Phi) is 6.40. The van der Waals surface area contributed by atoms with E-state index in [1.165, 1.54) is 0 Å². The summed E-state index contributed by atoms with van der Waals surface area (Å²) in [5.41, 5.74) is 2.05. The molecule has 0 amide bonds. The third-order valence-corrected chi connectivity index (χ3v) is 4.73. The van der Waals surface area contributed by atoms with Gasteiger partial charge in [-0.15, -0.1) is 5.06 Å². The number of nitrogens with zero attached hydrogens (tertiary/aromatic N) is 3. The summed E-state index contributed by atoms with van der Waals surface area (Å²) >= 11 is 0. The standard InChI is InChI=1S/C23H27N3O3/c1-23(2,3)22(27)29-26-13-11-25(12-14-26)20-10-9-19(16-24)15-21(20)28-17-18-7-5-4-6-8-18/h4-10,15H,11-14,17H2,1-3H3. The third kappa shape index (κ3) is 5.49. The molecule has 0 aliphatic carbocycles. The number of carbonyl (C=O) groups excluding carboxylic acids is 1. The number of hydrogen-bond donors (Lipinski definition) is 0. The van der Waals surface area contributed by atoms with Crippen LogP contribution >= 0.6 is 0 Å². The lowest BCUT2D eigenvalue weighted by Crippen LogP contribution is -2.48. The topological polar surface area (TPSA) is 65.8 Å². The van der Waals surface area contributed by atoms with Gasteiger partial charge in [-0.3, -0.25) is 0 Å². The van der Waals surface area contributed by atoms with Gasteiger partial charge in [0.25, 0.3) is 0 Å². The molecule has 1 heterocycles. The van der Waals surface area contributed by atoms with Gasteiger partial charge in [0, 0.05) is 19.2 Å². The summed E-state index contributed by atoms with van der Waals surface area (Å²) in [6.45, 7) is 8.60. The molecule has 3 rings (SSSR count). The van der Waals surface area contributed by atoms with E-state index in [1.54, 1.807) is 17.2 Å². The molecule has 2 aromatic rings. The summed E-state index contributed by atoms with van der Waals surface area (Å²) in [6.07, 6.45) is 0. The van der Waals surface area contributed by atoms with E-state index in [4.69, 9.17) is 9.57 Å². The lowest BCUT2D eigenvalue weighted by atomic mass is 9.98. The zero-order chi connectivity index (χ0) is 20.9. The van der Waals surface area contributed by atoms with E-state index < -0.39 is 5.41 Å². The molecule has 0 bridgehead atoms. The molecule has 6 nitrogen and oxygen atoms in total. The summed E-state index contributed by atoms with van der Waals surface area (Å²) in [5.74, 6) is 0.462. The average molecular weight is 393 g/mol. The Morgan fingerprint density at radius 3 is 2.38 bits per heavy atom. The molecular formula is C23H27N3O3. The molecule has 0 aromatic heterocycles. The van der Waals surface area contributed by atoms with E-state index in [9.17, 15) is 10.1 Å². The van der Waals surface area contributed by atoms with Crippen molar-refractivity contribution in [2.75, 3.05) is 31.1 Å². The Labute approximate surface area is 172 Å². The van der Waals surface area contributed by atoms with Crippen molar-refractivity contribution in [1.82, 2.24) is 5.06 Å².